The zero-order chi connectivity index (χ0) is 19.2. The number of carbonyl (C=O) groups is 3. The van der Waals surface area contributed by atoms with Gasteiger partial charge in [0.25, 0.3) is 0 Å². The van der Waals surface area contributed by atoms with E-state index < -0.39 is 17.8 Å². The molecular weight excluding hydrogens is 384 g/mol. The van der Waals surface area contributed by atoms with Gasteiger partial charge in [-0.05, 0) is 45.2 Å². The van der Waals surface area contributed by atoms with Crippen LogP contribution in [0.2, 0.25) is 0 Å². The van der Waals surface area contributed by atoms with Crippen LogP contribution in [0.3, 0.4) is 0 Å². The van der Waals surface area contributed by atoms with E-state index in [-0.39, 0.29) is 24.7 Å². The van der Waals surface area contributed by atoms with Gasteiger partial charge < -0.3 is 20.2 Å². The second kappa shape index (κ2) is 11.0. The summed E-state index contributed by atoms with van der Waals surface area (Å²) in [5.41, 5.74) is 0. The fraction of sp³-hybridized carbons (Fsp3) is 0.842. The monoisotopic (exact) mass is 416 g/mol. The van der Waals surface area contributed by atoms with Gasteiger partial charge in [-0.25, -0.2) is 0 Å². The molecule has 3 aliphatic heterocycles. The molecule has 3 heterocycles. The number of piperazine rings is 1. The zero-order valence-corrected chi connectivity index (χ0v) is 17.3. The van der Waals surface area contributed by atoms with Crippen molar-refractivity contribution in [3.05, 3.63) is 0 Å². The first-order valence-corrected chi connectivity index (χ1v) is 10.3. The number of nitrogens with one attached hydrogen (secondary N) is 1. The lowest BCUT2D eigenvalue weighted by molar-refractivity contribution is -0.155. The number of hydrogen-bond donors (Lipinski definition) is 2. The zero-order valence-electron chi connectivity index (χ0n) is 16.5. The van der Waals surface area contributed by atoms with Crippen molar-refractivity contribution in [1.82, 2.24) is 20.0 Å². The topological polar surface area (TPSA) is 93.2 Å². The number of likely N-dealkylation sites (tertiary alicyclic amines) is 1. The van der Waals surface area contributed by atoms with Crippen molar-refractivity contribution in [1.29, 1.82) is 0 Å². The van der Waals surface area contributed by atoms with Crippen LogP contribution in [0.25, 0.3) is 0 Å². The Morgan fingerprint density at radius 1 is 0.893 bits per heavy atom. The van der Waals surface area contributed by atoms with Gasteiger partial charge in [0.2, 0.25) is 11.8 Å². The predicted octanol–water partition coefficient (Wildman–Crippen LogP) is 0.408. The second-order valence-corrected chi connectivity index (χ2v) is 7.88. The summed E-state index contributed by atoms with van der Waals surface area (Å²) in [6, 6.07) is 0.555. The Balaban J connectivity index is 0.00000280. The highest BCUT2D eigenvalue weighted by Crippen LogP contribution is 2.19. The number of amides is 2. The normalized spacial score (nSPS) is 23.0. The number of carbonyl (C=O) groups excluding carboxylic acids is 2. The van der Waals surface area contributed by atoms with Crippen LogP contribution in [0.4, 0.5) is 0 Å². The van der Waals surface area contributed by atoms with Crippen molar-refractivity contribution in [2.24, 2.45) is 5.92 Å². The highest BCUT2D eigenvalue weighted by Gasteiger charge is 2.36. The average Bonchev–Trinajstić information content (AvgIpc) is 2.72. The van der Waals surface area contributed by atoms with Crippen molar-refractivity contribution in [2.75, 3.05) is 52.4 Å². The quantitative estimate of drug-likeness (QED) is 0.630. The molecule has 1 unspecified atom stereocenters. The SMILES string of the molecule is Cl.O=C(O)C(CC(=O)N1CCCCC1)C(=O)N1CCN(C2CCNCC2)CC1. The molecular formula is C19H33ClN4O4. The van der Waals surface area contributed by atoms with Crippen LogP contribution in [0, 0.1) is 5.92 Å². The molecule has 3 aliphatic rings. The molecule has 0 radical (unpaired) electrons. The molecule has 2 N–H and O–H groups in total. The Kier molecular flexibility index (Phi) is 8.98. The molecule has 3 fully saturated rings. The van der Waals surface area contributed by atoms with Crippen LogP contribution < -0.4 is 5.32 Å². The molecule has 0 bridgehead atoms. The third-order valence-electron chi connectivity index (χ3n) is 6.13. The van der Waals surface area contributed by atoms with E-state index >= 15 is 0 Å². The Labute approximate surface area is 173 Å². The summed E-state index contributed by atoms with van der Waals surface area (Å²) in [6.45, 7) is 6.07. The molecule has 3 rings (SSSR count). The first-order chi connectivity index (χ1) is 13.1. The third-order valence-corrected chi connectivity index (χ3v) is 6.13. The lowest BCUT2D eigenvalue weighted by atomic mass is 10.0. The first kappa shape index (κ1) is 22.9. The Morgan fingerprint density at radius 2 is 1.50 bits per heavy atom. The second-order valence-electron chi connectivity index (χ2n) is 7.88. The molecule has 0 spiro atoms. The van der Waals surface area contributed by atoms with Crippen LogP contribution in [0.15, 0.2) is 0 Å². The smallest absolute Gasteiger partial charge is 0.316 e. The van der Waals surface area contributed by atoms with E-state index in [9.17, 15) is 19.5 Å². The van der Waals surface area contributed by atoms with E-state index in [2.05, 4.69) is 10.2 Å². The van der Waals surface area contributed by atoms with Gasteiger partial charge in [-0.3, -0.25) is 19.3 Å². The Hall–Kier alpha value is -1.38. The maximum Gasteiger partial charge on any atom is 0.316 e. The van der Waals surface area contributed by atoms with Gasteiger partial charge >= 0.3 is 5.97 Å². The summed E-state index contributed by atoms with van der Waals surface area (Å²) in [7, 11) is 0. The van der Waals surface area contributed by atoms with Crippen LogP contribution in [0.1, 0.15) is 38.5 Å². The molecule has 2 amide bonds. The Bertz CT molecular complexity index is 542. The molecule has 160 valence electrons. The van der Waals surface area contributed by atoms with E-state index in [4.69, 9.17) is 0 Å². The lowest BCUT2D eigenvalue weighted by Crippen LogP contribution is -2.55. The molecule has 8 nitrogen and oxygen atoms in total. The largest absolute Gasteiger partial charge is 0.481 e. The van der Waals surface area contributed by atoms with Crippen LogP contribution in [-0.2, 0) is 14.4 Å². The molecule has 9 heteroatoms. The Morgan fingerprint density at radius 3 is 2.07 bits per heavy atom. The van der Waals surface area contributed by atoms with Gasteiger partial charge in [-0.15, -0.1) is 12.4 Å². The minimum absolute atomic E-state index is 0. The molecule has 0 aromatic rings. The number of carboxylic acid groups (broad SMARTS) is 1. The van der Waals surface area contributed by atoms with Crippen molar-refractivity contribution in [2.45, 2.75) is 44.6 Å². The van der Waals surface area contributed by atoms with Crippen LogP contribution in [-0.4, -0.2) is 96.0 Å². The van der Waals surface area contributed by atoms with Gasteiger partial charge in [0.05, 0.1) is 0 Å². The average molecular weight is 417 g/mol. The number of hydrogen-bond acceptors (Lipinski definition) is 5. The van der Waals surface area contributed by atoms with Crippen molar-refractivity contribution < 1.29 is 19.5 Å². The minimum Gasteiger partial charge on any atom is -0.481 e. The highest BCUT2D eigenvalue weighted by molar-refractivity contribution is 6.00. The van der Waals surface area contributed by atoms with Crippen LogP contribution in [0.5, 0.6) is 0 Å². The van der Waals surface area contributed by atoms with E-state index in [1.54, 1.807) is 9.80 Å². The molecule has 0 aromatic heterocycles. The number of aliphatic carboxylic acids is 1. The number of carboxylic acids is 1. The predicted molar refractivity (Wildman–Crippen MR) is 107 cm³/mol. The fourth-order valence-electron chi connectivity index (χ4n) is 4.43. The minimum atomic E-state index is -1.26. The van der Waals surface area contributed by atoms with Crippen molar-refractivity contribution in [3.63, 3.8) is 0 Å². The molecule has 0 aromatic carbocycles. The van der Waals surface area contributed by atoms with E-state index in [0.717, 1.165) is 58.3 Å². The summed E-state index contributed by atoms with van der Waals surface area (Å²) in [5, 5.41) is 12.9. The van der Waals surface area contributed by atoms with Gasteiger partial charge in [0.1, 0.15) is 5.92 Å². The number of halogens is 1. The summed E-state index contributed by atoms with van der Waals surface area (Å²) < 4.78 is 0. The summed E-state index contributed by atoms with van der Waals surface area (Å²) in [4.78, 5) is 42.7. The van der Waals surface area contributed by atoms with Crippen LogP contribution >= 0.6 is 12.4 Å². The van der Waals surface area contributed by atoms with Crippen molar-refractivity contribution >= 4 is 30.2 Å². The first-order valence-electron chi connectivity index (χ1n) is 10.3. The number of nitrogens with zero attached hydrogens (tertiary/aromatic N) is 3. The summed E-state index contributed by atoms with van der Waals surface area (Å²) in [5.74, 6) is -3.06. The molecule has 1 atom stereocenters. The molecule has 28 heavy (non-hydrogen) atoms. The summed E-state index contributed by atoms with van der Waals surface area (Å²) >= 11 is 0. The lowest BCUT2D eigenvalue weighted by Gasteiger charge is -2.41. The van der Waals surface area contributed by atoms with Gasteiger partial charge in [0, 0.05) is 51.7 Å². The van der Waals surface area contributed by atoms with Crippen molar-refractivity contribution in [3.8, 4) is 0 Å². The van der Waals surface area contributed by atoms with E-state index in [1.807, 2.05) is 0 Å². The van der Waals surface area contributed by atoms with E-state index in [1.165, 1.54) is 0 Å². The van der Waals surface area contributed by atoms with Gasteiger partial charge in [-0.1, -0.05) is 0 Å². The summed E-state index contributed by atoms with van der Waals surface area (Å²) in [6.07, 6.45) is 5.04. The molecule has 3 saturated heterocycles. The van der Waals surface area contributed by atoms with E-state index in [0.29, 0.717) is 32.2 Å². The fourth-order valence-corrected chi connectivity index (χ4v) is 4.43. The maximum atomic E-state index is 12.8. The number of rotatable bonds is 5. The van der Waals surface area contributed by atoms with Gasteiger partial charge in [0.15, 0.2) is 0 Å². The molecule has 0 aliphatic carbocycles. The third kappa shape index (κ3) is 5.81. The van der Waals surface area contributed by atoms with Gasteiger partial charge in [-0.2, -0.15) is 0 Å². The standard InChI is InChI=1S/C19H32N4O4.ClH/c24-17(22-8-2-1-3-9-22)14-16(19(26)27)18(25)23-12-10-21(11-13-23)15-4-6-20-7-5-15;/h15-16,20H,1-14H2,(H,26,27);1H. The highest BCUT2D eigenvalue weighted by atomic mass is 35.5. The maximum absolute atomic E-state index is 12.8. The number of piperidine rings is 2. The molecule has 0 saturated carbocycles.